The molecule has 1 amide bonds. The summed E-state index contributed by atoms with van der Waals surface area (Å²) in [5.41, 5.74) is 0.501. The molecule has 0 aromatic heterocycles. The van der Waals surface area contributed by atoms with E-state index in [1.54, 1.807) is 37.3 Å². The second-order valence-corrected chi connectivity index (χ2v) is 5.55. The van der Waals surface area contributed by atoms with Gasteiger partial charge in [0.05, 0.1) is 14.2 Å². The summed E-state index contributed by atoms with van der Waals surface area (Å²) in [7, 11) is 3.03. The highest BCUT2D eigenvalue weighted by Crippen LogP contribution is 2.29. The molecule has 0 heterocycles. The minimum absolute atomic E-state index is 0.415. The third-order valence-corrected chi connectivity index (χ3v) is 3.67. The number of para-hydroxylation sites is 1. The highest BCUT2D eigenvalue weighted by atomic mass is 16.6. The molecule has 2 rings (SSSR count). The Hall–Kier alpha value is -3.22. The van der Waals surface area contributed by atoms with Crippen molar-refractivity contribution in [1.82, 2.24) is 0 Å². The van der Waals surface area contributed by atoms with Gasteiger partial charge in [0.2, 0.25) is 0 Å². The fraction of sp³-hybridized carbons (Fsp3) is 0.300. The molecule has 0 fully saturated rings. The van der Waals surface area contributed by atoms with E-state index in [0.717, 1.165) is 0 Å². The number of esters is 1. The summed E-state index contributed by atoms with van der Waals surface area (Å²) in [4.78, 5) is 24.2. The van der Waals surface area contributed by atoms with Gasteiger partial charge in [-0.3, -0.25) is 4.79 Å². The number of hydrogen-bond acceptors (Lipinski definition) is 6. The smallest absolute Gasteiger partial charge is 0.347 e. The van der Waals surface area contributed by atoms with E-state index < -0.39 is 24.6 Å². The number of nitrogens with one attached hydrogen (secondary N) is 1. The molecule has 0 saturated carbocycles. The van der Waals surface area contributed by atoms with Crippen LogP contribution in [0.5, 0.6) is 17.2 Å². The third kappa shape index (κ3) is 5.91. The van der Waals surface area contributed by atoms with E-state index in [1.165, 1.54) is 14.2 Å². The number of ether oxygens (including phenoxy) is 4. The number of anilines is 1. The fourth-order valence-electron chi connectivity index (χ4n) is 2.30. The highest BCUT2D eigenvalue weighted by molar-refractivity contribution is 5.93. The number of methoxy groups -OCH3 is 2. The lowest BCUT2D eigenvalue weighted by atomic mass is 10.2. The lowest BCUT2D eigenvalue weighted by molar-refractivity contribution is -0.154. The Balaban J connectivity index is 1.87. The van der Waals surface area contributed by atoms with Crippen molar-refractivity contribution in [2.24, 2.45) is 0 Å². The molecule has 144 valence electrons. The molecule has 1 N–H and O–H groups in total. The van der Waals surface area contributed by atoms with E-state index in [9.17, 15) is 9.59 Å². The minimum atomic E-state index is -0.777. The number of benzene rings is 2. The lowest BCUT2D eigenvalue weighted by Crippen LogP contribution is -2.31. The zero-order valence-corrected chi connectivity index (χ0v) is 15.6. The average Bonchev–Trinajstić information content (AvgIpc) is 2.70. The molecular formula is C20H23NO6. The number of amides is 1. The normalized spacial score (nSPS) is 11.2. The van der Waals surface area contributed by atoms with Gasteiger partial charge in [-0.15, -0.1) is 0 Å². The predicted octanol–water partition coefficient (Wildman–Crippen LogP) is 3.04. The molecule has 0 unspecified atom stereocenters. The van der Waals surface area contributed by atoms with Crippen LogP contribution in [0.1, 0.15) is 13.3 Å². The van der Waals surface area contributed by atoms with Gasteiger partial charge < -0.3 is 24.3 Å². The Morgan fingerprint density at radius 1 is 1.00 bits per heavy atom. The maximum absolute atomic E-state index is 12.2. The third-order valence-electron chi connectivity index (χ3n) is 3.67. The van der Waals surface area contributed by atoms with Crippen LogP contribution in [0.25, 0.3) is 0 Å². The second kappa shape index (κ2) is 10.1. The van der Waals surface area contributed by atoms with E-state index >= 15 is 0 Å². The summed E-state index contributed by atoms with van der Waals surface area (Å²) in [6.07, 6.45) is -0.355. The molecule has 2 aromatic rings. The molecule has 27 heavy (non-hydrogen) atoms. The molecule has 0 saturated heterocycles. The van der Waals surface area contributed by atoms with Crippen LogP contribution in [0.3, 0.4) is 0 Å². The van der Waals surface area contributed by atoms with Crippen LogP contribution >= 0.6 is 0 Å². The number of carbonyl (C=O) groups excluding carboxylic acids is 2. The summed E-state index contributed by atoms with van der Waals surface area (Å²) in [5, 5.41) is 2.64. The summed E-state index contributed by atoms with van der Waals surface area (Å²) in [6, 6.07) is 13.9. The van der Waals surface area contributed by atoms with Crippen LogP contribution in [0, 0.1) is 0 Å². The van der Waals surface area contributed by atoms with Gasteiger partial charge in [-0.25, -0.2) is 4.79 Å². The Kier molecular flexibility index (Phi) is 7.49. The quantitative estimate of drug-likeness (QED) is 0.680. The predicted molar refractivity (Wildman–Crippen MR) is 100 cm³/mol. The van der Waals surface area contributed by atoms with Gasteiger partial charge in [-0.1, -0.05) is 25.1 Å². The summed E-state index contributed by atoms with van der Waals surface area (Å²) in [6.45, 7) is 1.39. The molecule has 0 aliphatic carbocycles. The Labute approximate surface area is 158 Å². The monoisotopic (exact) mass is 373 g/mol. The molecule has 0 aliphatic rings. The van der Waals surface area contributed by atoms with Crippen LogP contribution in [-0.2, 0) is 14.3 Å². The van der Waals surface area contributed by atoms with Crippen molar-refractivity contribution in [2.75, 3.05) is 26.1 Å². The van der Waals surface area contributed by atoms with E-state index in [-0.39, 0.29) is 0 Å². The van der Waals surface area contributed by atoms with Gasteiger partial charge >= 0.3 is 5.97 Å². The number of hydrogen-bond donors (Lipinski definition) is 1. The highest BCUT2D eigenvalue weighted by Gasteiger charge is 2.21. The van der Waals surface area contributed by atoms with Crippen molar-refractivity contribution >= 4 is 17.6 Å². The van der Waals surface area contributed by atoms with Crippen molar-refractivity contribution in [3.8, 4) is 17.2 Å². The largest absolute Gasteiger partial charge is 0.493 e. The molecule has 0 bridgehead atoms. The van der Waals surface area contributed by atoms with Gasteiger partial charge in [-0.2, -0.15) is 0 Å². The van der Waals surface area contributed by atoms with Gasteiger partial charge in [0.15, 0.2) is 24.2 Å². The van der Waals surface area contributed by atoms with Crippen molar-refractivity contribution < 1.29 is 28.5 Å². The fourth-order valence-corrected chi connectivity index (χ4v) is 2.30. The standard InChI is InChI=1S/C20H23NO6/c1-4-16(27-15-8-6-5-7-9-15)20(23)26-13-19(22)21-14-10-11-17(24-2)18(12-14)25-3/h5-12,16H,4,13H2,1-3H3,(H,21,22)/t16-/m0/s1. The zero-order valence-electron chi connectivity index (χ0n) is 15.6. The molecule has 7 nitrogen and oxygen atoms in total. The summed E-state index contributed by atoms with van der Waals surface area (Å²) in [5.74, 6) is 0.533. The van der Waals surface area contributed by atoms with Crippen LogP contribution in [0.2, 0.25) is 0 Å². The minimum Gasteiger partial charge on any atom is -0.493 e. The molecule has 0 radical (unpaired) electrons. The van der Waals surface area contributed by atoms with E-state index in [4.69, 9.17) is 18.9 Å². The molecule has 1 atom stereocenters. The van der Waals surface area contributed by atoms with Crippen LogP contribution in [0.4, 0.5) is 5.69 Å². The average molecular weight is 373 g/mol. The molecule has 0 spiro atoms. The molecule has 2 aromatic carbocycles. The number of carbonyl (C=O) groups is 2. The van der Waals surface area contributed by atoms with Crippen LogP contribution < -0.4 is 19.5 Å². The van der Waals surface area contributed by atoms with E-state index in [0.29, 0.717) is 29.4 Å². The maximum Gasteiger partial charge on any atom is 0.347 e. The first-order valence-corrected chi connectivity index (χ1v) is 8.47. The Morgan fingerprint density at radius 2 is 1.70 bits per heavy atom. The SMILES string of the molecule is CC[C@H](Oc1ccccc1)C(=O)OCC(=O)Nc1ccc(OC)c(OC)c1. The first kappa shape index (κ1) is 20.1. The summed E-state index contributed by atoms with van der Waals surface area (Å²) < 4.78 is 21.0. The maximum atomic E-state index is 12.2. The molecule has 7 heteroatoms. The van der Waals surface area contributed by atoms with Gasteiger partial charge in [0, 0.05) is 11.8 Å². The van der Waals surface area contributed by atoms with Crippen LogP contribution in [0.15, 0.2) is 48.5 Å². The van der Waals surface area contributed by atoms with Crippen molar-refractivity contribution in [3.63, 3.8) is 0 Å². The van der Waals surface area contributed by atoms with E-state index in [1.807, 2.05) is 18.2 Å². The van der Waals surface area contributed by atoms with Gasteiger partial charge in [0.1, 0.15) is 5.75 Å². The van der Waals surface area contributed by atoms with Crippen molar-refractivity contribution in [1.29, 1.82) is 0 Å². The van der Waals surface area contributed by atoms with Crippen molar-refractivity contribution in [3.05, 3.63) is 48.5 Å². The van der Waals surface area contributed by atoms with Gasteiger partial charge in [0.25, 0.3) is 5.91 Å². The lowest BCUT2D eigenvalue weighted by Gasteiger charge is -2.16. The first-order valence-electron chi connectivity index (χ1n) is 8.47. The molecular weight excluding hydrogens is 350 g/mol. The summed E-state index contributed by atoms with van der Waals surface area (Å²) >= 11 is 0. The zero-order chi connectivity index (χ0) is 19.6. The molecule has 0 aliphatic heterocycles. The van der Waals surface area contributed by atoms with E-state index in [2.05, 4.69) is 5.32 Å². The topological polar surface area (TPSA) is 83.1 Å². The van der Waals surface area contributed by atoms with Gasteiger partial charge in [-0.05, 0) is 30.7 Å². The Bertz CT molecular complexity index is 762. The van der Waals surface area contributed by atoms with Crippen molar-refractivity contribution in [2.45, 2.75) is 19.4 Å². The Morgan fingerprint density at radius 3 is 2.33 bits per heavy atom. The first-order chi connectivity index (χ1) is 13.1. The van der Waals surface area contributed by atoms with Crippen LogP contribution in [-0.4, -0.2) is 38.8 Å². The second-order valence-electron chi connectivity index (χ2n) is 5.55. The number of rotatable bonds is 9.